The molecule has 3 rings (SSSR count). The van der Waals surface area contributed by atoms with Crippen LogP contribution in [0.1, 0.15) is 34.3 Å². The molecule has 2 aromatic rings. The van der Waals surface area contributed by atoms with Crippen LogP contribution in [-0.4, -0.2) is 45.2 Å². The zero-order chi connectivity index (χ0) is 20.8. The number of hydrogen-bond donors (Lipinski definition) is 2. The summed E-state index contributed by atoms with van der Waals surface area (Å²) in [5.74, 6) is 0.238. The van der Waals surface area contributed by atoms with Gasteiger partial charge in [-0.1, -0.05) is 12.1 Å². The van der Waals surface area contributed by atoms with E-state index in [2.05, 4.69) is 21.7 Å². The van der Waals surface area contributed by atoms with E-state index in [-0.39, 0.29) is 12.0 Å². The number of aryl methyl sites for hydroxylation is 2. The van der Waals surface area contributed by atoms with Crippen LogP contribution in [-0.2, 0) is 4.74 Å². The van der Waals surface area contributed by atoms with Gasteiger partial charge in [-0.05, 0) is 68.1 Å². The number of carbonyl (C=O) groups is 1. The summed E-state index contributed by atoms with van der Waals surface area (Å²) in [7, 11) is 3.90. The maximum absolute atomic E-state index is 12.9. The number of benzene rings is 2. The van der Waals surface area contributed by atoms with Crippen molar-refractivity contribution in [3.8, 4) is 0 Å². The summed E-state index contributed by atoms with van der Waals surface area (Å²) in [6, 6.07) is 13.7. The molecule has 154 valence electrons. The SMILES string of the molecule is Cc1cc(C)cc(NC(=NC[C@@H]2CCCO2)NC(=O)c2cccc(N(C)C)c2)c1. The highest BCUT2D eigenvalue weighted by Gasteiger charge is 2.16. The minimum Gasteiger partial charge on any atom is -0.378 e. The Kier molecular flexibility index (Phi) is 6.88. The molecular formula is C23H30N4O2. The maximum atomic E-state index is 12.9. The number of nitrogens with one attached hydrogen (secondary N) is 2. The van der Waals surface area contributed by atoms with Crippen LogP contribution in [0.25, 0.3) is 0 Å². The first-order chi connectivity index (χ1) is 13.9. The van der Waals surface area contributed by atoms with Crippen molar-refractivity contribution in [2.24, 2.45) is 4.99 Å². The summed E-state index contributed by atoms with van der Waals surface area (Å²) in [5.41, 5.74) is 4.75. The van der Waals surface area contributed by atoms with E-state index in [1.807, 2.05) is 63.2 Å². The Morgan fingerprint density at radius 3 is 2.59 bits per heavy atom. The minimum absolute atomic E-state index is 0.111. The van der Waals surface area contributed by atoms with Gasteiger partial charge in [-0.15, -0.1) is 0 Å². The predicted molar refractivity (Wildman–Crippen MR) is 119 cm³/mol. The number of anilines is 2. The Hall–Kier alpha value is -2.86. The van der Waals surface area contributed by atoms with Crippen molar-refractivity contribution in [2.45, 2.75) is 32.8 Å². The number of hydrogen-bond acceptors (Lipinski definition) is 4. The molecule has 0 aromatic heterocycles. The monoisotopic (exact) mass is 394 g/mol. The molecule has 0 aliphatic carbocycles. The first-order valence-corrected chi connectivity index (χ1v) is 10.0. The number of ether oxygens (including phenoxy) is 1. The molecule has 0 unspecified atom stereocenters. The molecule has 1 heterocycles. The second-order valence-electron chi connectivity index (χ2n) is 7.72. The molecule has 1 atom stereocenters. The summed E-state index contributed by atoms with van der Waals surface area (Å²) >= 11 is 0. The molecule has 6 nitrogen and oxygen atoms in total. The summed E-state index contributed by atoms with van der Waals surface area (Å²) < 4.78 is 5.67. The highest BCUT2D eigenvalue weighted by molar-refractivity contribution is 6.10. The van der Waals surface area contributed by atoms with Crippen LogP contribution in [0.2, 0.25) is 0 Å². The normalized spacial score (nSPS) is 16.6. The van der Waals surface area contributed by atoms with Crippen LogP contribution in [0.4, 0.5) is 11.4 Å². The Balaban J connectivity index is 1.79. The van der Waals surface area contributed by atoms with Crippen molar-refractivity contribution in [2.75, 3.05) is 37.5 Å². The third-order valence-electron chi connectivity index (χ3n) is 4.82. The molecule has 1 saturated heterocycles. The lowest BCUT2D eigenvalue weighted by Crippen LogP contribution is -2.37. The Bertz CT molecular complexity index is 866. The second kappa shape index (κ2) is 9.56. The minimum atomic E-state index is -0.198. The van der Waals surface area contributed by atoms with Gasteiger partial charge in [0.15, 0.2) is 0 Å². The highest BCUT2D eigenvalue weighted by atomic mass is 16.5. The van der Waals surface area contributed by atoms with Gasteiger partial charge in [0.2, 0.25) is 5.96 Å². The van der Waals surface area contributed by atoms with Gasteiger partial charge in [0, 0.05) is 37.6 Å². The molecule has 0 radical (unpaired) electrons. The van der Waals surface area contributed by atoms with Crippen LogP contribution >= 0.6 is 0 Å². The number of guanidine groups is 1. The fourth-order valence-corrected chi connectivity index (χ4v) is 3.38. The van der Waals surface area contributed by atoms with E-state index in [0.29, 0.717) is 18.1 Å². The zero-order valence-electron chi connectivity index (χ0n) is 17.7. The number of amides is 1. The molecule has 0 spiro atoms. The van der Waals surface area contributed by atoms with Crippen LogP contribution in [0, 0.1) is 13.8 Å². The number of carbonyl (C=O) groups excluding carboxylic acids is 1. The largest absolute Gasteiger partial charge is 0.378 e. The molecule has 29 heavy (non-hydrogen) atoms. The third kappa shape index (κ3) is 6.06. The topological polar surface area (TPSA) is 66.0 Å². The quantitative estimate of drug-likeness (QED) is 0.599. The van der Waals surface area contributed by atoms with Crippen molar-refractivity contribution in [3.05, 3.63) is 59.2 Å². The van der Waals surface area contributed by atoms with E-state index < -0.39 is 0 Å². The molecule has 1 amide bonds. The smallest absolute Gasteiger partial charge is 0.258 e. The van der Waals surface area contributed by atoms with E-state index in [1.165, 1.54) is 0 Å². The number of rotatable bonds is 5. The van der Waals surface area contributed by atoms with Crippen molar-refractivity contribution >= 4 is 23.2 Å². The third-order valence-corrected chi connectivity index (χ3v) is 4.82. The summed E-state index contributed by atoms with van der Waals surface area (Å²) in [6.45, 7) is 5.40. The van der Waals surface area contributed by atoms with Crippen molar-refractivity contribution in [1.82, 2.24) is 5.32 Å². The van der Waals surface area contributed by atoms with Gasteiger partial charge in [-0.3, -0.25) is 10.1 Å². The lowest BCUT2D eigenvalue weighted by molar-refractivity contribution is 0.0975. The Morgan fingerprint density at radius 2 is 1.93 bits per heavy atom. The van der Waals surface area contributed by atoms with E-state index in [1.54, 1.807) is 6.07 Å². The molecule has 0 bridgehead atoms. The van der Waals surface area contributed by atoms with Gasteiger partial charge in [-0.25, -0.2) is 4.99 Å². The molecule has 6 heteroatoms. The summed E-state index contributed by atoms with van der Waals surface area (Å²) in [5, 5.41) is 6.21. The summed E-state index contributed by atoms with van der Waals surface area (Å²) in [6.07, 6.45) is 2.17. The van der Waals surface area contributed by atoms with Crippen LogP contribution < -0.4 is 15.5 Å². The average molecular weight is 395 g/mol. The first kappa shape index (κ1) is 20.9. The fourth-order valence-electron chi connectivity index (χ4n) is 3.38. The highest BCUT2D eigenvalue weighted by Crippen LogP contribution is 2.16. The van der Waals surface area contributed by atoms with Crippen LogP contribution in [0.15, 0.2) is 47.5 Å². The van der Waals surface area contributed by atoms with Crippen LogP contribution in [0.3, 0.4) is 0 Å². The molecule has 1 fully saturated rings. The molecule has 1 aliphatic heterocycles. The maximum Gasteiger partial charge on any atom is 0.258 e. The lowest BCUT2D eigenvalue weighted by Gasteiger charge is -2.16. The Labute approximate surface area is 173 Å². The molecule has 0 saturated carbocycles. The fraction of sp³-hybridized carbons (Fsp3) is 0.391. The zero-order valence-corrected chi connectivity index (χ0v) is 17.7. The van der Waals surface area contributed by atoms with Gasteiger partial charge in [0.25, 0.3) is 5.91 Å². The van der Waals surface area contributed by atoms with E-state index in [4.69, 9.17) is 4.74 Å². The van der Waals surface area contributed by atoms with Crippen LogP contribution in [0.5, 0.6) is 0 Å². The van der Waals surface area contributed by atoms with E-state index in [0.717, 1.165) is 42.0 Å². The number of nitrogens with zero attached hydrogens (tertiary/aromatic N) is 2. The predicted octanol–water partition coefficient (Wildman–Crippen LogP) is 3.75. The second-order valence-corrected chi connectivity index (χ2v) is 7.72. The first-order valence-electron chi connectivity index (χ1n) is 10.0. The average Bonchev–Trinajstić information content (AvgIpc) is 3.19. The molecule has 1 aliphatic rings. The van der Waals surface area contributed by atoms with Gasteiger partial charge < -0.3 is 15.0 Å². The summed E-state index contributed by atoms with van der Waals surface area (Å²) in [4.78, 5) is 19.5. The molecule has 2 N–H and O–H groups in total. The van der Waals surface area contributed by atoms with Gasteiger partial charge in [0.05, 0.1) is 12.6 Å². The standard InChI is InChI=1S/C23H30N4O2/c1-16-11-17(2)13-19(12-16)25-23(24-15-21-9-6-10-29-21)26-22(28)18-7-5-8-20(14-18)27(3)4/h5,7-8,11-14,21H,6,9-10,15H2,1-4H3,(H2,24,25,26,28)/t21-/m0/s1. The van der Waals surface area contributed by atoms with Gasteiger partial charge >= 0.3 is 0 Å². The van der Waals surface area contributed by atoms with Gasteiger partial charge in [-0.2, -0.15) is 0 Å². The lowest BCUT2D eigenvalue weighted by atomic mass is 10.1. The van der Waals surface area contributed by atoms with Crippen molar-refractivity contribution < 1.29 is 9.53 Å². The molecule has 2 aromatic carbocycles. The van der Waals surface area contributed by atoms with E-state index in [9.17, 15) is 4.79 Å². The van der Waals surface area contributed by atoms with Crippen molar-refractivity contribution in [3.63, 3.8) is 0 Å². The Morgan fingerprint density at radius 1 is 1.17 bits per heavy atom. The molecular weight excluding hydrogens is 364 g/mol. The number of aliphatic imine (C=N–C) groups is 1. The van der Waals surface area contributed by atoms with Crippen molar-refractivity contribution in [1.29, 1.82) is 0 Å². The van der Waals surface area contributed by atoms with E-state index >= 15 is 0 Å². The van der Waals surface area contributed by atoms with Gasteiger partial charge in [0.1, 0.15) is 0 Å².